The summed E-state index contributed by atoms with van der Waals surface area (Å²) in [4.78, 5) is 11.9. The smallest absolute Gasteiger partial charge is 0.416 e. The number of methoxy groups -OCH3 is 1. The molecule has 2 nitrogen and oxygen atoms in total. The molecule has 0 saturated heterocycles. The van der Waals surface area contributed by atoms with Crippen LogP contribution in [-0.2, 0) is 6.18 Å². The minimum Gasteiger partial charge on any atom is -0.496 e. The Balaban J connectivity index is 3.19. The fourth-order valence-corrected chi connectivity index (χ4v) is 1.86. The third kappa shape index (κ3) is 4.42. The van der Waals surface area contributed by atoms with E-state index in [4.69, 9.17) is 4.74 Å². The van der Waals surface area contributed by atoms with E-state index in [1.807, 2.05) is 19.6 Å². The summed E-state index contributed by atoms with van der Waals surface area (Å²) in [6.07, 6.45) is -4.47. The summed E-state index contributed by atoms with van der Waals surface area (Å²) >= 11 is 0. The van der Waals surface area contributed by atoms with Gasteiger partial charge >= 0.3 is 6.18 Å². The zero-order valence-electron chi connectivity index (χ0n) is 11.7. The van der Waals surface area contributed by atoms with Gasteiger partial charge in [0.1, 0.15) is 13.8 Å². The highest BCUT2D eigenvalue weighted by Crippen LogP contribution is 2.33. The van der Waals surface area contributed by atoms with Gasteiger partial charge in [-0.25, -0.2) is 0 Å². The number of carbonyl (C=O) groups excluding carboxylic acids is 1. The van der Waals surface area contributed by atoms with E-state index in [0.29, 0.717) is 0 Å². The first-order valence-electron chi connectivity index (χ1n) is 5.87. The van der Waals surface area contributed by atoms with Crippen molar-refractivity contribution in [3.8, 4) is 17.2 Å². The van der Waals surface area contributed by atoms with Crippen LogP contribution >= 0.6 is 0 Å². The van der Waals surface area contributed by atoms with Gasteiger partial charge in [-0.15, -0.1) is 5.54 Å². The van der Waals surface area contributed by atoms with Gasteiger partial charge in [-0.3, -0.25) is 4.79 Å². The Hall–Kier alpha value is -1.74. The van der Waals surface area contributed by atoms with Gasteiger partial charge in [0.15, 0.2) is 0 Å². The minimum atomic E-state index is -4.47. The molecule has 0 amide bonds. The molecule has 0 fully saturated rings. The molecule has 0 aliphatic rings. The Morgan fingerprint density at radius 1 is 1.25 bits per heavy atom. The van der Waals surface area contributed by atoms with Crippen LogP contribution in [0.2, 0.25) is 19.6 Å². The summed E-state index contributed by atoms with van der Waals surface area (Å²) < 4.78 is 42.6. The zero-order chi connectivity index (χ0) is 15.6. The molecule has 0 unspecified atom stereocenters. The van der Waals surface area contributed by atoms with Gasteiger partial charge in [-0.05, 0) is 24.1 Å². The molecule has 0 aromatic heterocycles. The Bertz CT molecular complexity index is 575. The number of Topliss-reactive ketones (excluding diaryl/α,β-unsaturated/α-hetero) is 1. The molecule has 0 N–H and O–H groups in total. The number of ketones is 1. The number of hydrogen-bond acceptors (Lipinski definition) is 2. The third-order valence-electron chi connectivity index (χ3n) is 2.32. The molecule has 6 heteroatoms. The van der Waals surface area contributed by atoms with Gasteiger partial charge in [-0.1, -0.05) is 19.6 Å². The second-order valence-electron chi connectivity index (χ2n) is 5.24. The van der Waals surface area contributed by atoms with Crippen molar-refractivity contribution in [3.63, 3.8) is 0 Å². The van der Waals surface area contributed by atoms with E-state index >= 15 is 0 Å². The number of hydrogen-bond donors (Lipinski definition) is 0. The lowest BCUT2D eigenvalue weighted by molar-refractivity contribution is -0.137. The Labute approximate surface area is 117 Å². The molecule has 0 atom stereocenters. The quantitative estimate of drug-likeness (QED) is 0.472. The first-order valence-corrected chi connectivity index (χ1v) is 9.37. The number of alkyl halides is 3. The van der Waals surface area contributed by atoms with Gasteiger partial charge in [0.25, 0.3) is 0 Å². The summed E-state index contributed by atoms with van der Waals surface area (Å²) in [6, 6.07) is 2.76. The van der Waals surface area contributed by atoms with Crippen molar-refractivity contribution in [2.75, 3.05) is 7.11 Å². The van der Waals surface area contributed by atoms with Crippen LogP contribution < -0.4 is 4.74 Å². The maximum absolute atomic E-state index is 12.6. The van der Waals surface area contributed by atoms with E-state index in [1.54, 1.807) is 0 Å². The van der Waals surface area contributed by atoms with Crippen molar-refractivity contribution in [2.45, 2.75) is 25.8 Å². The summed E-state index contributed by atoms with van der Waals surface area (Å²) in [5.41, 5.74) is 2.07. The molecule has 108 valence electrons. The number of halogens is 3. The molecule has 1 aromatic rings. The largest absolute Gasteiger partial charge is 0.496 e. The highest BCUT2D eigenvalue weighted by molar-refractivity contribution is 6.84. The van der Waals surface area contributed by atoms with Crippen molar-refractivity contribution >= 4 is 13.9 Å². The van der Waals surface area contributed by atoms with Crippen molar-refractivity contribution < 1.29 is 22.7 Å². The Morgan fingerprint density at radius 3 is 2.30 bits per heavy atom. The molecule has 0 bridgehead atoms. The van der Waals surface area contributed by atoms with E-state index in [1.165, 1.54) is 7.11 Å². The fraction of sp³-hybridized carbons (Fsp3) is 0.357. The van der Waals surface area contributed by atoms with Crippen molar-refractivity contribution in [1.82, 2.24) is 0 Å². The van der Waals surface area contributed by atoms with E-state index in [0.717, 1.165) is 18.2 Å². The molecule has 0 aliphatic carbocycles. The normalized spacial score (nSPS) is 11.6. The summed E-state index contributed by atoms with van der Waals surface area (Å²) in [5, 5.41) is 0. The van der Waals surface area contributed by atoms with Gasteiger partial charge in [0, 0.05) is 0 Å². The highest BCUT2D eigenvalue weighted by atomic mass is 28.3. The molecule has 0 spiro atoms. The second kappa shape index (κ2) is 5.71. The second-order valence-corrected chi connectivity index (χ2v) is 9.99. The maximum atomic E-state index is 12.6. The lowest BCUT2D eigenvalue weighted by atomic mass is 10.1. The van der Waals surface area contributed by atoms with Gasteiger partial charge in [0.05, 0.1) is 18.2 Å². The van der Waals surface area contributed by atoms with E-state index in [9.17, 15) is 18.0 Å². The Kier molecular flexibility index (Phi) is 4.66. The summed E-state index contributed by atoms with van der Waals surface area (Å²) in [5.74, 6) is 1.84. The lowest BCUT2D eigenvalue weighted by Crippen LogP contribution is -2.17. The zero-order valence-corrected chi connectivity index (χ0v) is 12.7. The van der Waals surface area contributed by atoms with Crippen LogP contribution in [0.3, 0.4) is 0 Å². The average Bonchev–Trinajstić information content (AvgIpc) is 2.33. The SMILES string of the molecule is COc1cc(C(F)(F)F)ccc1C(=O)C#C[Si](C)(C)C. The van der Waals surface area contributed by atoms with Crippen LogP contribution in [0.15, 0.2) is 18.2 Å². The highest BCUT2D eigenvalue weighted by Gasteiger charge is 2.31. The number of rotatable bonds is 2. The van der Waals surface area contributed by atoms with E-state index < -0.39 is 25.6 Å². The van der Waals surface area contributed by atoms with Crippen LogP contribution in [0, 0.1) is 11.5 Å². The molecular weight excluding hydrogens is 285 g/mol. The van der Waals surface area contributed by atoms with E-state index in [2.05, 4.69) is 11.5 Å². The van der Waals surface area contributed by atoms with Crippen LogP contribution in [-0.4, -0.2) is 21.0 Å². The molecule has 0 aliphatic heterocycles. The predicted octanol–water partition coefficient (Wildman–Crippen LogP) is 3.78. The fourth-order valence-electron chi connectivity index (χ4n) is 1.37. The predicted molar refractivity (Wildman–Crippen MR) is 73.4 cm³/mol. The van der Waals surface area contributed by atoms with Gasteiger partial charge in [-0.2, -0.15) is 13.2 Å². The van der Waals surface area contributed by atoms with Crippen LogP contribution in [0.4, 0.5) is 13.2 Å². The minimum absolute atomic E-state index is 0.0475. The molecule has 20 heavy (non-hydrogen) atoms. The standard InChI is InChI=1S/C14H15F3O2Si/c1-19-13-9-10(14(15,16)17)5-6-11(13)12(18)7-8-20(2,3)4/h5-6,9H,1-4H3. The number of carbonyl (C=O) groups is 1. The van der Waals surface area contributed by atoms with Crippen molar-refractivity contribution in [1.29, 1.82) is 0 Å². The van der Waals surface area contributed by atoms with Crippen LogP contribution in [0.5, 0.6) is 5.75 Å². The van der Waals surface area contributed by atoms with E-state index in [-0.39, 0.29) is 11.3 Å². The van der Waals surface area contributed by atoms with Crippen molar-refractivity contribution in [3.05, 3.63) is 29.3 Å². The molecular formula is C14H15F3O2Si. The average molecular weight is 300 g/mol. The summed E-state index contributed by atoms with van der Waals surface area (Å²) in [7, 11) is -0.504. The first kappa shape index (κ1) is 16.3. The third-order valence-corrected chi connectivity index (χ3v) is 3.20. The molecule has 1 rings (SSSR count). The topological polar surface area (TPSA) is 26.3 Å². The monoisotopic (exact) mass is 300 g/mol. The maximum Gasteiger partial charge on any atom is 0.416 e. The molecule has 0 heterocycles. The summed E-state index contributed by atoms with van der Waals surface area (Å²) in [6.45, 7) is 5.91. The lowest BCUT2D eigenvalue weighted by Gasteiger charge is -2.10. The molecule has 1 aromatic carbocycles. The molecule has 0 radical (unpaired) electrons. The van der Waals surface area contributed by atoms with Crippen LogP contribution in [0.25, 0.3) is 0 Å². The van der Waals surface area contributed by atoms with Crippen molar-refractivity contribution in [2.24, 2.45) is 0 Å². The Morgan fingerprint density at radius 2 is 1.85 bits per heavy atom. The van der Waals surface area contributed by atoms with Crippen LogP contribution in [0.1, 0.15) is 15.9 Å². The molecule has 0 saturated carbocycles. The number of ether oxygens (including phenoxy) is 1. The number of benzene rings is 1. The first-order chi connectivity index (χ1) is 9.04. The van der Waals surface area contributed by atoms with Gasteiger partial charge < -0.3 is 4.74 Å². The van der Waals surface area contributed by atoms with Gasteiger partial charge in [0.2, 0.25) is 5.78 Å².